The zero-order chi connectivity index (χ0) is 10.7. The molecule has 0 aliphatic heterocycles. The Kier molecular flexibility index (Phi) is 2.96. The molecule has 0 bridgehead atoms. The first-order valence-corrected chi connectivity index (χ1v) is 4.31. The number of carbonyl (C=O) groups is 1. The fraction of sp³-hybridized carbons (Fsp3) is 0.300. The van der Waals surface area contributed by atoms with E-state index in [0.29, 0.717) is 0 Å². The molecule has 0 fully saturated rings. The number of anilines is 1. The van der Waals surface area contributed by atoms with Gasteiger partial charge in [0.25, 0.3) is 0 Å². The normalized spacial score (nSPS) is 10.2. The van der Waals surface area contributed by atoms with Crippen LogP contribution in [0.3, 0.4) is 0 Å². The molecule has 0 radical (unpaired) electrons. The molecule has 0 aromatic heterocycles. The van der Waals surface area contributed by atoms with Crippen molar-refractivity contribution in [3.8, 4) is 11.5 Å². The molecule has 0 unspecified atom stereocenters. The van der Waals surface area contributed by atoms with Crippen LogP contribution in [0.5, 0.6) is 11.5 Å². The summed E-state index contributed by atoms with van der Waals surface area (Å²) < 4.78 is 4.99. The van der Waals surface area contributed by atoms with Gasteiger partial charge in [-0.2, -0.15) is 0 Å². The minimum atomic E-state index is -0.345. The van der Waals surface area contributed by atoms with Gasteiger partial charge in [0.15, 0.2) is 5.75 Å². The summed E-state index contributed by atoms with van der Waals surface area (Å²) in [7, 11) is 0. The Hall–Kier alpha value is -1.71. The third kappa shape index (κ3) is 2.39. The van der Waals surface area contributed by atoms with Crippen LogP contribution >= 0.6 is 0 Å². The van der Waals surface area contributed by atoms with Crippen molar-refractivity contribution in [3.05, 3.63) is 18.2 Å². The molecule has 0 spiro atoms. The number of carbonyl (C=O) groups excluding carboxylic acids is 1. The number of ether oxygens (including phenoxy) is 1. The number of esters is 1. The number of nitrogens with two attached hydrogens (primary N) is 1. The lowest BCUT2D eigenvalue weighted by molar-refractivity contribution is -0.137. The highest BCUT2D eigenvalue weighted by Crippen LogP contribution is 2.26. The number of phenolic OH excluding ortho intramolecular Hbond substituents is 1. The minimum Gasteiger partial charge on any atom is -0.508 e. The molecule has 3 N–H and O–H groups in total. The van der Waals surface area contributed by atoms with Gasteiger partial charge in [0.1, 0.15) is 5.75 Å². The molecule has 0 aliphatic carbocycles. The summed E-state index contributed by atoms with van der Waals surface area (Å²) in [5.74, 6) is -0.223. The van der Waals surface area contributed by atoms with E-state index in [0.717, 1.165) is 0 Å². The van der Waals surface area contributed by atoms with E-state index in [1.165, 1.54) is 18.2 Å². The molecule has 14 heavy (non-hydrogen) atoms. The van der Waals surface area contributed by atoms with Crippen molar-refractivity contribution in [3.63, 3.8) is 0 Å². The highest BCUT2D eigenvalue weighted by Gasteiger charge is 2.11. The van der Waals surface area contributed by atoms with E-state index >= 15 is 0 Å². The first kappa shape index (κ1) is 10.4. The van der Waals surface area contributed by atoms with E-state index in [-0.39, 0.29) is 29.1 Å². The Morgan fingerprint density at radius 2 is 2.14 bits per heavy atom. The highest BCUT2D eigenvalue weighted by molar-refractivity contribution is 5.76. The number of nitrogen functional groups attached to an aromatic ring is 1. The van der Waals surface area contributed by atoms with Gasteiger partial charge in [-0.1, -0.05) is 13.8 Å². The molecule has 4 nitrogen and oxygen atoms in total. The van der Waals surface area contributed by atoms with Crippen LogP contribution in [0.25, 0.3) is 0 Å². The van der Waals surface area contributed by atoms with Crippen LogP contribution in [0.2, 0.25) is 0 Å². The molecule has 1 aromatic rings. The number of aromatic hydroxyl groups is 1. The molecule has 1 rings (SSSR count). The maximum Gasteiger partial charge on any atom is 0.313 e. The van der Waals surface area contributed by atoms with E-state index in [4.69, 9.17) is 15.6 Å². The predicted octanol–water partition coefficient (Wildman–Crippen LogP) is 1.54. The third-order valence-electron chi connectivity index (χ3n) is 1.68. The monoisotopic (exact) mass is 195 g/mol. The molecule has 1 aromatic carbocycles. The first-order chi connectivity index (χ1) is 6.50. The van der Waals surface area contributed by atoms with Crippen LogP contribution in [-0.4, -0.2) is 11.1 Å². The summed E-state index contributed by atoms with van der Waals surface area (Å²) in [6.45, 7) is 3.47. The lowest BCUT2D eigenvalue weighted by atomic mass is 10.2. The lowest BCUT2D eigenvalue weighted by Gasteiger charge is -2.08. The smallest absolute Gasteiger partial charge is 0.313 e. The van der Waals surface area contributed by atoms with Gasteiger partial charge in [-0.3, -0.25) is 4.79 Å². The molecule has 0 atom stereocenters. The number of benzene rings is 1. The number of rotatable bonds is 2. The van der Waals surface area contributed by atoms with Gasteiger partial charge in [0, 0.05) is 6.07 Å². The number of hydrogen-bond donors (Lipinski definition) is 2. The molecule has 0 saturated carbocycles. The van der Waals surface area contributed by atoms with Crippen molar-refractivity contribution in [2.24, 2.45) is 5.92 Å². The van der Waals surface area contributed by atoms with E-state index in [1.807, 2.05) is 0 Å². The number of hydrogen-bond acceptors (Lipinski definition) is 4. The zero-order valence-corrected chi connectivity index (χ0v) is 8.15. The first-order valence-electron chi connectivity index (χ1n) is 4.31. The maximum absolute atomic E-state index is 11.2. The summed E-state index contributed by atoms with van der Waals surface area (Å²) in [6.07, 6.45) is 0. The molecule has 0 heterocycles. The minimum absolute atomic E-state index is 0.0480. The summed E-state index contributed by atoms with van der Waals surface area (Å²) in [5, 5.41) is 9.06. The fourth-order valence-corrected chi connectivity index (χ4v) is 0.855. The second kappa shape index (κ2) is 4.00. The van der Waals surface area contributed by atoms with Gasteiger partial charge in [-0.25, -0.2) is 0 Å². The molecule has 76 valence electrons. The second-order valence-electron chi connectivity index (χ2n) is 3.30. The molecule has 0 aliphatic rings. The lowest BCUT2D eigenvalue weighted by Crippen LogP contribution is -2.15. The van der Waals surface area contributed by atoms with Crippen molar-refractivity contribution >= 4 is 11.7 Å². The second-order valence-corrected chi connectivity index (χ2v) is 3.30. The van der Waals surface area contributed by atoms with Crippen molar-refractivity contribution in [2.75, 3.05) is 5.73 Å². The van der Waals surface area contributed by atoms with Crippen molar-refractivity contribution in [2.45, 2.75) is 13.8 Å². The summed E-state index contributed by atoms with van der Waals surface area (Å²) >= 11 is 0. The summed E-state index contributed by atoms with van der Waals surface area (Å²) in [5.41, 5.74) is 5.78. The van der Waals surface area contributed by atoms with Crippen LogP contribution < -0.4 is 10.5 Å². The van der Waals surface area contributed by atoms with Crippen LogP contribution in [0.4, 0.5) is 5.69 Å². The average Bonchev–Trinajstić information content (AvgIpc) is 2.09. The Labute approximate surface area is 82.3 Å². The van der Waals surface area contributed by atoms with Gasteiger partial charge >= 0.3 is 5.97 Å². The Balaban J connectivity index is 2.82. The van der Waals surface area contributed by atoms with E-state index in [2.05, 4.69) is 0 Å². The number of phenols is 1. The Bertz CT molecular complexity index is 347. The van der Waals surface area contributed by atoms with E-state index < -0.39 is 0 Å². The topological polar surface area (TPSA) is 72.5 Å². The van der Waals surface area contributed by atoms with Crippen molar-refractivity contribution < 1.29 is 14.6 Å². The fourth-order valence-electron chi connectivity index (χ4n) is 0.855. The third-order valence-corrected chi connectivity index (χ3v) is 1.68. The van der Waals surface area contributed by atoms with Crippen molar-refractivity contribution in [1.29, 1.82) is 0 Å². The highest BCUT2D eigenvalue weighted by atomic mass is 16.5. The van der Waals surface area contributed by atoms with Gasteiger partial charge in [0.05, 0.1) is 11.6 Å². The Morgan fingerprint density at radius 3 is 2.64 bits per heavy atom. The van der Waals surface area contributed by atoms with Crippen LogP contribution in [0.15, 0.2) is 18.2 Å². The van der Waals surface area contributed by atoms with E-state index in [9.17, 15) is 4.79 Å². The van der Waals surface area contributed by atoms with Gasteiger partial charge < -0.3 is 15.6 Å². The van der Waals surface area contributed by atoms with Crippen molar-refractivity contribution in [1.82, 2.24) is 0 Å². The maximum atomic E-state index is 11.2. The molecule has 0 saturated heterocycles. The predicted molar refractivity (Wildman–Crippen MR) is 53.0 cm³/mol. The molecular weight excluding hydrogens is 182 g/mol. The summed E-state index contributed by atoms with van der Waals surface area (Å²) in [6, 6.07) is 4.22. The van der Waals surface area contributed by atoms with Crippen LogP contribution in [0.1, 0.15) is 13.8 Å². The molecule has 0 amide bonds. The van der Waals surface area contributed by atoms with Gasteiger partial charge in [-0.15, -0.1) is 0 Å². The van der Waals surface area contributed by atoms with Crippen LogP contribution in [-0.2, 0) is 4.79 Å². The largest absolute Gasteiger partial charge is 0.508 e. The standard InChI is InChI=1S/C10H13NO3/c1-6(2)10(13)14-9-4-3-7(12)5-8(9)11/h3-6,12H,11H2,1-2H3. The van der Waals surface area contributed by atoms with Crippen LogP contribution in [0, 0.1) is 5.92 Å². The summed E-state index contributed by atoms with van der Waals surface area (Å²) in [4.78, 5) is 11.2. The van der Waals surface area contributed by atoms with Gasteiger partial charge in [-0.05, 0) is 12.1 Å². The quantitative estimate of drug-likeness (QED) is 0.426. The molecular formula is C10H13NO3. The SMILES string of the molecule is CC(C)C(=O)Oc1ccc(O)cc1N. The van der Waals surface area contributed by atoms with Gasteiger partial charge in [0.2, 0.25) is 0 Å². The molecule has 4 heteroatoms. The average molecular weight is 195 g/mol. The zero-order valence-electron chi connectivity index (χ0n) is 8.15. The van der Waals surface area contributed by atoms with E-state index in [1.54, 1.807) is 13.8 Å². The Morgan fingerprint density at radius 1 is 1.50 bits per heavy atom.